The van der Waals surface area contributed by atoms with Crippen LogP contribution >= 0.6 is 16.5 Å². The van der Waals surface area contributed by atoms with Crippen LogP contribution in [0.1, 0.15) is 61.3 Å². The van der Waals surface area contributed by atoms with Gasteiger partial charge in [-0.1, -0.05) is 44.4 Å². The van der Waals surface area contributed by atoms with Gasteiger partial charge in [0.05, 0.1) is 22.3 Å². The van der Waals surface area contributed by atoms with Crippen LogP contribution in [-0.2, 0) is 24.7 Å². The Kier molecular flexibility index (Phi) is 9.74. The molecule has 3 atom stereocenters. The molecule has 0 heterocycles. The van der Waals surface area contributed by atoms with Crippen LogP contribution in [0, 0.1) is 5.92 Å². The highest BCUT2D eigenvalue weighted by Gasteiger charge is 2.42. The third-order valence-corrected chi connectivity index (χ3v) is 11.9. The summed E-state index contributed by atoms with van der Waals surface area (Å²) in [6, 6.07) is 1.38. The Morgan fingerprint density at radius 3 is 1.40 bits per heavy atom. The summed E-state index contributed by atoms with van der Waals surface area (Å²) in [4.78, 5) is 0. The van der Waals surface area contributed by atoms with Gasteiger partial charge in [-0.25, -0.2) is 0 Å². The van der Waals surface area contributed by atoms with E-state index >= 15 is 0 Å². The molecule has 1 fully saturated rings. The number of halogens is 12. The van der Waals surface area contributed by atoms with E-state index in [1.807, 2.05) is 6.92 Å². The van der Waals surface area contributed by atoms with Crippen molar-refractivity contribution in [3.63, 3.8) is 0 Å². The molecule has 2 aromatic rings. The van der Waals surface area contributed by atoms with Crippen LogP contribution in [-0.4, -0.2) is 11.3 Å². The van der Waals surface area contributed by atoms with Crippen LogP contribution in [0.25, 0.3) is 0 Å². The summed E-state index contributed by atoms with van der Waals surface area (Å²) in [7, 11) is -2.36. The summed E-state index contributed by atoms with van der Waals surface area (Å²) in [5, 5.41) is -1.08. The van der Waals surface area contributed by atoms with Crippen molar-refractivity contribution in [1.82, 2.24) is 0 Å². The van der Waals surface area contributed by atoms with Crippen LogP contribution in [0.3, 0.4) is 0 Å². The summed E-state index contributed by atoms with van der Waals surface area (Å²) in [5.41, 5.74) is -6.66. The fourth-order valence-electron chi connectivity index (χ4n) is 5.46. The first-order valence-corrected chi connectivity index (χ1v) is 15.8. The first-order valence-electron chi connectivity index (χ1n) is 13.3. The summed E-state index contributed by atoms with van der Waals surface area (Å²) < 4.78 is 166. The van der Waals surface area contributed by atoms with Gasteiger partial charge in [-0.05, 0) is 84.4 Å². The zero-order valence-corrected chi connectivity index (χ0v) is 24.3. The smallest absolute Gasteiger partial charge is 0.166 e. The van der Waals surface area contributed by atoms with E-state index in [2.05, 4.69) is 0 Å². The number of alkyl halides is 12. The molecule has 43 heavy (non-hydrogen) atoms. The lowest BCUT2D eigenvalue weighted by Crippen LogP contribution is -2.25. The van der Waals surface area contributed by atoms with E-state index in [0.29, 0.717) is 38.5 Å². The van der Waals surface area contributed by atoms with Crippen LogP contribution < -0.4 is 10.6 Å². The standard InChI is InChI=1S/C29H26F12P2/c1-16(42-21-6-3-2-4-7-21)24-8-5-9-25(24)43(22-12-17(26(30,31)32)10-18(13-22)27(33,34)35)23-14-19(28(36,37)38)11-20(15-23)29(39,40)41/h5,8-16,21,24,42H,2-4,6-7H2,1H3/t16-,24?/m1/s1. The highest BCUT2D eigenvalue weighted by Crippen LogP contribution is 2.55. The molecule has 14 heteroatoms. The van der Waals surface area contributed by atoms with Gasteiger partial charge in [-0.2, -0.15) is 52.7 Å². The number of rotatable bonds is 6. The van der Waals surface area contributed by atoms with Gasteiger partial charge in [0.2, 0.25) is 0 Å². The van der Waals surface area contributed by atoms with Gasteiger partial charge < -0.3 is 0 Å². The minimum atomic E-state index is -5.26. The maximum atomic E-state index is 13.8. The van der Waals surface area contributed by atoms with E-state index in [1.165, 1.54) is 12.2 Å². The molecule has 0 amide bonds. The maximum absolute atomic E-state index is 13.8. The molecule has 2 aliphatic rings. The van der Waals surface area contributed by atoms with Gasteiger partial charge in [0, 0.05) is 5.92 Å². The number of allylic oxidation sites excluding steroid dienone is 4. The highest BCUT2D eigenvalue weighted by molar-refractivity contribution is 7.76. The normalized spacial score (nSPS) is 20.0. The molecule has 0 saturated heterocycles. The first kappa shape index (κ1) is 33.8. The lowest BCUT2D eigenvalue weighted by molar-refractivity contribution is -0.144. The molecule has 0 bridgehead atoms. The van der Waals surface area contributed by atoms with Crippen molar-refractivity contribution in [2.75, 3.05) is 0 Å². The molecule has 4 rings (SSSR count). The van der Waals surface area contributed by atoms with Crippen molar-refractivity contribution < 1.29 is 52.7 Å². The molecule has 2 aromatic carbocycles. The van der Waals surface area contributed by atoms with Crippen molar-refractivity contribution in [3.8, 4) is 0 Å². The summed E-state index contributed by atoms with van der Waals surface area (Å²) in [6.45, 7) is 1.84. The highest BCUT2D eigenvalue weighted by atomic mass is 31.1. The van der Waals surface area contributed by atoms with E-state index in [-0.39, 0.29) is 23.1 Å². The molecule has 0 N–H and O–H groups in total. The van der Waals surface area contributed by atoms with Crippen molar-refractivity contribution in [1.29, 1.82) is 0 Å². The average molecular weight is 664 g/mol. The van der Waals surface area contributed by atoms with Gasteiger partial charge in [0.1, 0.15) is 0 Å². The quantitative estimate of drug-likeness (QED) is 0.213. The fraction of sp³-hybridized carbons (Fsp3) is 0.448. The summed E-state index contributed by atoms with van der Waals surface area (Å²) in [5.74, 6) is -0.598. The van der Waals surface area contributed by atoms with Gasteiger partial charge in [-0.3, -0.25) is 0 Å². The molecule has 2 unspecified atom stereocenters. The van der Waals surface area contributed by atoms with Crippen LogP contribution in [0.5, 0.6) is 0 Å². The Hall–Kier alpha value is -2.06. The van der Waals surface area contributed by atoms with Gasteiger partial charge in [-0.15, -0.1) is 8.58 Å². The van der Waals surface area contributed by atoms with E-state index in [9.17, 15) is 52.7 Å². The Balaban J connectivity index is 1.94. The average Bonchev–Trinajstić information content (AvgIpc) is 3.37. The first-order chi connectivity index (χ1) is 19.7. The van der Waals surface area contributed by atoms with Crippen LogP contribution in [0.15, 0.2) is 59.9 Å². The van der Waals surface area contributed by atoms with Crippen molar-refractivity contribution >= 4 is 27.1 Å². The molecule has 0 radical (unpaired) electrons. The number of hydrogen-bond donors (Lipinski definition) is 0. The lowest BCUT2D eigenvalue weighted by Gasteiger charge is -2.32. The Morgan fingerprint density at radius 2 is 1.02 bits per heavy atom. The van der Waals surface area contributed by atoms with Gasteiger partial charge in [0.25, 0.3) is 0 Å². The molecule has 0 spiro atoms. The fourth-order valence-corrected chi connectivity index (χ4v) is 10.4. The molecule has 1 saturated carbocycles. The maximum Gasteiger partial charge on any atom is 0.416 e. The predicted octanol–water partition coefficient (Wildman–Crippen LogP) is 10.7. The molecule has 0 nitrogen and oxygen atoms in total. The largest absolute Gasteiger partial charge is 0.416 e. The molecule has 0 aromatic heterocycles. The SMILES string of the molecule is C[C@@H](PC1CCCCC1)C1C=CC=C1P(c1cc(C(F)(F)F)cc(C(F)(F)F)c1)c1cc(C(F)(F)F)cc(C(F)(F)F)c1. The second-order valence-electron chi connectivity index (χ2n) is 10.7. The third kappa shape index (κ3) is 8.16. The van der Waals surface area contributed by atoms with Gasteiger partial charge >= 0.3 is 24.7 Å². The van der Waals surface area contributed by atoms with Crippen LogP contribution in [0.4, 0.5) is 52.7 Å². The lowest BCUT2D eigenvalue weighted by atomic mass is 10.0. The molecule has 0 aliphatic heterocycles. The van der Waals surface area contributed by atoms with Crippen molar-refractivity contribution in [2.24, 2.45) is 5.92 Å². The zero-order valence-electron chi connectivity index (χ0n) is 22.4. The molecular weight excluding hydrogens is 638 g/mol. The number of benzene rings is 2. The van der Waals surface area contributed by atoms with Crippen LogP contribution in [0.2, 0.25) is 0 Å². The molecule has 236 valence electrons. The second-order valence-corrected chi connectivity index (χ2v) is 14.9. The van der Waals surface area contributed by atoms with Gasteiger partial charge in [0.15, 0.2) is 0 Å². The minimum absolute atomic E-state index is 0.115. The Bertz CT molecular complexity index is 1220. The predicted molar refractivity (Wildman–Crippen MR) is 144 cm³/mol. The summed E-state index contributed by atoms with van der Waals surface area (Å²) >= 11 is 0. The van der Waals surface area contributed by atoms with E-state index < -0.39 is 71.4 Å². The molecular formula is C29H26F12P2. The van der Waals surface area contributed by atoms with E-state index in [0.717, 1.165) is 32.1 Å². The van der Waals surface area contributed by atoms with E-state index in [4.69, 9.17) is 0 Å². The topological polar surface area (TPSA) is 0 Å². The van der Waals surface area contributed by atoms with Crippen molar-refractivity contribution in [3.05, 3.63) is 82.2 Å². The number of hydrogen-bond acceptors (Lipinski definition) is 0. The Labute approximate surface area is 243 Å². The minimum Gasteiger partial charge on any atom is -0.166 e. The zero-order chi connectivity index (χ0) is 32.0. The summed E-state index contributed by atoms with van der Waals surface area (Å²) in [6.07, 6.45) is -11.5. The second kappa shape index (κ2) is 12.4. The molecule has 2 aliphatic carbocycles. The monoisotopic (exact) mass is 664 g/mol. The van der Waals surface area contributed by atoms with Crippen molar-refractivity contribution in [2.45, 2.75) is 75.1 Å². The van der Waals surface area contributed by atoms with E-state index in [1.54, 1.807) is 6.08 Å². The Morgan fingerprint density at radius 1 is 0.628 bits per heavy atom. The third-order valence-electron chi connectivity index (χ3n) is 7.49.